The molecule has 0 fully saturated rings. The Labute approximate surface area is 162 Å². The second kappa shape index (κ2) is 10.4. The van der Waals surface area contributed by atoms with E-state index in [0.29, 0.717) is 5.56 Å². The zero-order valence-corrected chi connectivity index (χ0v) is 16.8. The first-order valence-electron chi connectivity index (χ1n) is 9.66. The standard InChI is InChI=1S/C22H30N4O/c1-5-25(6-2)20-13-9-18(10-14-20)17-23-24-22(27)19-11-15-21(16-12-19)26(7-3)8-4/h9-17H,5-8H2,1-4H3,(H,24,27)/b23-17-. The van der Waals surface area contributed by atoms with Crippen molar-refractivity contribution < 1.29 is 4.79 Å². The van der Waals surface area contributed by atoms with E-state index >= 15 is 0 Å². The van der Waals surface area contributed by atoms with Crippen LogP contribution < -0.4 is 15.2 Å². The summed E-state index contributed by atoms with van der Waals surface area (Å²) in [6, 6.07) is 15.7. The van der Waals surface area contributed by atoms with Gasteiger partial charge in [0.25, 0.3) is 5.91 Å². The molecule has 0 aromatic heterocycles. The SMILES string of the molecule is CCN(CC)c1ccc(/C=N\NC(=O)c2ccc(N(CC)CC)cc2)cc1. The lowest BCUT2D eigenvalue weighted by Crippen LogP contribution is -2.22. The lowest BCUT2D eigenvalue weighted by atomic mass is 10.2. The average molecular weight is 367 g/mol. The molecule has 1 N–H and O–H groups in total. The summed E-state index contributed by atoms with van der Waals surface area (Å²) in [5, 5.41) is 4.07. The zero-order chi connectivity index (χ0) is 19.6. The van der Waals surface area contributed by atoms with Crippen LogP contribution >= 0.6 is 0 Å². The van der Waals surface area contributed by atoms with Crippen molar-refractivity contribution in [3.8, 4) is 0 Å². The number of rotatable bonds is 9. The molecule has 0 unspecified atom stereocenters. The number of amides is 1. The Kier molecular flexibility index (Phi) is 7.86. The van der Waals surface area contributed by atoms with Crippen molar-refractivity contribution in [2.24, 2.45) is 5.10 Å². The molecule has 0 bridgehead atoms. The number of nitrogens with zero attached hydrogens (tertiary/aromatic N) is 3. The molecule has 2 aromatic rings. The number of carbonyl (C=O) groups is 1. The van der Waals surface area contributed by atoms with Crippen molar-refractivity contribution >= 4 is 23.5 Å². The predicted octanol–water partition coefficient (Wildman–Crippen LogP) is 4.14. The van der Waals surface area contributed by atoms with Crippen LogP contribution in [0.5, 0.6) is 0 Å². The molecular weight excluding hydrogens is 336 g/mol. The topological polar surface area (TPSA) is 47.9 Å². The Morgan fingerprint density at radius 1 is 0.815 bits per heavy atom. The quantitative estimate of drug-likeness (QED) is 0.536. The van der Waals surface area contributed by atoms with E-state index in [4.69, 9.17) is 0 Å². The lowest BCUT2D eigenvalue weighted by Gasteiger charge is -2.21. The highest BCUT2D eigenvalue weighted by Crippen LogP contribution is 2.15. The third-order valence-electron chi connectivity index (χ3n) is 4.66. The van der Waals surface area contributed by atoms with E-state index in [-0.39, 0.29) is 5.91 Å². The van der Waals surface area contributed by atoms with E-state index in [1.165, 1.54) is 5.69 Å². The molecule has 0 saturated carbocycles. The van der Waals surface area contributed by atoms with Gasteiger partial charge in [-0.05, 0) is 69.7 Å². The predicted molar refractivity (Wildman–Crippen MR) is 115 cm³/mol. The summed E-state index contributed by atoms with van der Waals surface area (Å²) in [7, 11) is 0. The molecule has 144 valence electrons. The van der Waals surface area contributed by atoms with Crippen LogP contribution in [0.2, 0.25) is 0 Å². The van der Waals surface area contributed by atoms with Gasteiger partial charge in [-0.15, -0.1) is 0 Å². The van der Waals surface area contributed by atoms with Crippen molar-refractivity contribution in [1.82, 2.24) is 5.43 Å². The van der Waals surface area contributed by atoms with Crippen molar-refractivity contribution in [3.63, 3.8) is 0 Å². The van der Waals surface area contributed by atoms with Gasteiger partial charge in [-0.1, -0.05) is 12.1 Å². The monoisotopic (exact) mass is 366 g/mol. The lowest BCUT2D eigenvalue weighted by molar-refractivity contribution is 0.0955. The molecule has 2 rings (SSSR count). The second-order valence-corrected chi connectivity index (χ2v) is 6.18. The maximum Gasteiger partial charge on any atom is 0.271 e. The molecule has 0 aliphatic heterocycles. The van der Waals surface area contributed by atoms with Crippen LogP contribution in [-0.4, -0.2) is 38.3 Å². The third-order valence-corrected chi connectivity index (χ3v) is 4.66. The molecule has 0 saturated heterocycles. The molecule has 0 atom stereocenters. The summed E-state index contributed by atoms with van der Waals surface area (Å²) in [5.41, 5.74) is 6.44. The van der Waals surface area contributed by atoms with Crippen molar-refractivity contribution in [2.75, 3.05) is 36.0 Å². The highest BCUT2D eigenvalue weighted by atomic mass is 16.2. The molecule has 0 heterocycles. The number of nitrogens with one attached hydrogen (secondary N) is 1. The van der Waals surface area contributed by atoms with Gasteiger partial charge < -0.3 is 9.80 Å². The first-order chi connectivity index (χ1) is 13.1. The van der Waals surface area contributed by atoms with E-state index in [1.807, 2.05) is 36.4 Å². The van der Waals surface area contributed by atoms with Crippen LogP contribution in [0.1, 0.15) is 43.6 Å². The summed E-state index contributed by atoms with van der Waals surface area (Å²) in [5.74, 6) is -0.211. The molecule has 0 aliphatic rings. The average Bonchev–Trinajstić information content (AvgIpc) is 2.71. The number of hydrogen-bond acceptors (Lipinski definition) is 4. The van der Waals surface area contributed by atoms with Crippen LogP contribution in [0.25, 0.3) is 0 Å². The maximum atomic E-state index is 12.2. The van der Waals surface area contributed by atoms with Crippen LogP contribution in [0, 0.1) is 0 Å². The fraction of sp³-hybridized carbons (Fsp3) is 0.364. The van der Waals surface area contributed by atoms with Crippen LogP contribution in [0.15, 0.2) is 53.6 Å². The number of anilines is 2. The maximum absolute atomic E-state index is 12.2. The Balaban J connectivity index is 1.94. The van der Waals surface area contributed by atoms with Crippen molar-refractivity contribution in [1.29, 1.82) is 0 Å². The fourth-order valence-electron chi connectivity index (χ4n) is 3.00. The van der Waals surface area contributed by atoms with Crippen LogP contribution in [0.3, 0.4) is 0 Å². The number of hydrazone groups is 1. The summed E-state index contributed by atoms with van der Waals surface area (Å²) in [6.07, 6.45) is 1.66. The van der Waals surface area contributed by atoms with Crippen molar-refractivity contribution in [3.05, 3.63) is 59.7 Å². The van der Waals surface area contributed by atoms with Gasteiger partial charge in [0, 0.05) is 43.1 Å². The normalized spacial score (nSPS) is 10.8. The van der Waals surface area contributed by atoms with Gasteiger partial charge in [-0.25, -0.2) is 5.43 Å². The van der Waals surface area contributed by atoms with E-state index in [9.17, 15) is 4.79 Å². The minimum atomic E-state index is -0.211. The van der Waals surface area contributed by atoms with Gasteiger partial charge in [0.2, 0.25) is 0 Å². The minimum Gasteiger partial charge on any atom is -0.372 e. The van der Waals surface area contributed by atoms with Gasteiger partial charge >= 0.3 is 0 Å². The first-order valence-corrected chi connectivity index (χ1v) is 9.66. The molecule has 0 aliphatic carbocycles. The highest BCUT2D eigenvalue weighted by molar-refractivity contribution is 5.95. The summed E-state index contributed by atoms with van der Waals surface area (Å²) >= 11 is 0. The Morgan fingerprint density at radius 3 is 1.70 bits per heavy atom. The van der Waals surface area contributed by atoms with Crippen molar-refractivity contribution in [2.45, 2.75) is 27.7 Å². The minimum absolute atomic E-state index is 0.211. The van der Waals surface area contributed by atoms with Gasteiger partial charge in [0.15, 0.2) is 0 Å². The Morgan fingerprint density at radius 2 is 1.26 bits per heavy atom. The van der Waals surface area contributed by atoms with Gasteiger partial charge in [0.05, 0.1) is 6.21 Å². The summed E-state index contributed by atoms with van der Waals surface area (Å²) < 4.78 is 0. The van der Waals surface area contributed by atoms with E-state index in [1.54, 1.807) is 6.21 Å². The van der Waals surface area contributed by atoms with E-state index in [0.717, 1.165) is 37.4 Å². The molecule has 0 spiro atoms. The number of hydrogen-bond donors (Lipinski definition) is 1. The highest BCUT2D eigenvalue weighted by Gasteiger charge is 2.06. The summed E-state index contributed by atoms with van der Waals surface area (Å²) in [6.45, 7) is 12.4. The molecule has 5 nitrogen and oxygen atoms in total. The zero-order valence-electron chi connectivity index (χ0n) is 16.8. The number of benzene rings is 2. The largest absolute Gasteiger partial charge is 0.372 e. The first kappa shape index (κ1) is 20.5. The number of carbonyl (C=O) groups excluding carboxylic acids is 1. The molecule has 5 heteroatoms. The third kappa shape index (κ3) is 5.58. The molecule has 2 aromatic carbocycles. The Hall–Kier alpha value is -2.82. The molecule has 0 radical (unpaired) electrons. The molecule has 1 amide bonds. The fourth-order valence-corrected chi connectivity index (χ4v) is 3.00. The van der Waals surface area contributed by atoms with E-state index < -0.39 is 0 Å². The van der Waals surface area contributed by atoms with Crippen LogP contribution in [0.4, 0.5) is 11.4 Å². The summed E-state index contributed by atoms with van der Waals surface area (Å²) in [4.78, 5) is 16.8. The molecular formula is C22H30N4O. The van der Waals surface area contributed by atoms with Crippen LogP contribution in [-0.2, 0) is 0 Å². The smallest absolute Gasteiger partial charge is 0.271 e. The van der Waals surface area contributed by atoms with E-state index in [2.05, 4.69) is 60.2 Å². The molecule has 27 heavy (non-hydrogen) atoms. The van der Waals surface area contributed by atoms with Gasteiger partial charge in [-0.2, -0.15) is 5.10 Å². The van der Waals surface area contributed by atoms with Gasteiger partial charge in [-0.3, -0.25) is 4.79 Å². The van der Waals surface area contributed by atoms with Gasteiger partial charge in [0.1, 0.15) is 0 Å². The second-order valence-electron chi connectivity index (χ2n) is 6.18. The Bertz CT molecular complexity index is 730.